The first-order chi connectivity index (χ1) is 9.60. The SMILES string of the molecule is CCNC(C)(CC(=O)OC)c1cccc2ccccc12. The molecular weight excluding hydrogens is 250 g/mol. The molecule has 20 heavy (non-hydrogen) atoms. The lowest BCUT2D eigenvalue weighted by atomic mass is 9.85. The van der Waals surface area contributed by atoms with Gasteiger partial charge in [-0.3, -0.25) is 4.79 Å². The lowest BCUT2D eigenvalue weighted by Gasteiger charge is -2.31. The predicted molar refractivity (Wildman–Crippen MR) is 81.6 cm³/mol. The summed E-state index contributed by atoms with van der Waals surface area (Å²) in [5.74, 6) is -0.207. The van der Waals surface area contributed by atoms with Crippen molar-refractivity contribution in [3.63, 3.8) is 0 Å². The van der Waals surface area contributed by atoms with Gasteiger partial charge in [-0.25, -0.2) is 0 Å². The molecule has 2 aromatic rings. The van der Waals surface area contributed by atoms with Crippen molar-refractivity contribution in [1.82, 2.24) is 5.32 Å². The molecule has 1 atom stereocenters. The second-order valence-electron chi connectivity index (χ2n) is 5.14. The van der Waals surface area contributed by atoms with Crippen molar-refractivity contribution in [3.05, 3.63) is 48.0 Å². The van der Waals surface area contributed by atoms with Gasteiger partial charge >= 0.3 is 5.97 Å². The highest BCUT2D eigenvalue weighted by Crippen LogP contribution is 2.31. The highest BCUT2D eigenvalue weighted by molar-refractivity contribution is 5.87. The molecule has 0 saturated carbocycles. The van der Waals surface area contributed by atoms with Crippen molar-refractivity contribution in [3.8, 4) is 0 Å². The Hall–Kier alpha value is -1.87. The molecule has 2 aromatic carbocycles. The normalized spacial score (nSPS) is 13.9. The standard InChI is InChI=1S/C17H21NO2/c1-4-18-17(2,12-16(19)20-3)15-11-7-9-13-8-5-6-10-14(13)15/h5-11,18H,4,12H2,1-3H3. The molecule has 3 heteroatoms. The van der Waals surface area contributed by atoms with Gasteiger partial charge < -0.3 is 10.1 Å². The summed E-state index contributed by atoms with van der Waals surface area (Å²) in [6.07, 6.45) is 0.311. The number of esters is 1. The van der Waals surface area contributed by atoms with E-state index < -0.39 is 5.54 Å². The number of hydrogen-bond acceptors (Lipinski definition) is 3. The van der Waals surface area contributed by atoms with E-state index in [-0.39, 0.29) is 5.97 Å². The van der Waals surface area contributed by atoms with Crippen molar-refractivity contribution in [1.29, 1.82) is 0 Å². The van der Waals surface area contributed by atoms with Crippen LogP contribution >= 0.6 is 0 Å². The molecule has 3 nitrogen and oxygen atoms in total. The van der Waals surface area contributed by atoms with E-state index in [0.29, 0.717) is 6.42 Å². The van der Waals surface area contributed by atoms with Gasteiger partial charge in [-0.1, -0.05) is 49.4 Å². The Kier molecular flexibility index (Phi) is 4.40. The zero-order valence-corrected chi connectivity index (χ0v) is 12.3. The molecule has 106 valence electrons. The van der Waals surface area contributed by atoms with Gasteiger partial charge in [0.25, 0.3) is 0 Å². The van der Waals surface area contributed by atoms with Crippen LogP contribution in [-0.4, -0.2) is 19.6 Å². The minimum atomic E-state index is -0.428. The summed E-state index contributed by atoms with van der Waals surface area (Å²) >= 11 is 0. The van der Waals surface area contributed by atoms with Crippen LogP contribution < -0.4 is 5.32 Å². The Bertz CT molecular complexity index is 603. The smallest absolute Gasteiger partial charge is 0.307 e. The average molecular weight is 271 g/mol. The predicted octanol–water partition coefficient (Wildman–Crippen LogP) is 3.23. The van der Waals surface area contributed by atoms with Crippen molar-refractivity contribution in [2.45, 2.75) is 25.8 Å². The van der Waals surface area contributed by atoms with Gasteiger partial charge in [0, 0.05) is 0 Å². The Labute approximate surface area is 119 Å². The first-order valence-electron chi connectivity index (χ1n) is 6.91. The maximum atomic E-state index is 11.7. The summed E-state index contributed by atoms with van der Waals surface area (Å²) in [7, 11) is 1.43. The molecule has 0 radical (unpaired) electrons. The molecule has 0 aliphatic rings. The first-order valence-corrected chi connectivity index (χ1v) is 6.91. The summed E-state index contributed by atoms with van der Waals surface area (Å²) < 4.78 is 4.85. The average Bonchev–Trinajstić information content (AvgIpc) is 2.46. The molecule has 0 aliphatic heterocycles. The minimum Gasteiger partial charge on any atom is -0.469 e. The summed E-state index contributed by atoms with van der Waals surface area (Å²) in [6.45, 7) is 4.88. The number of ether oxygens (including phenoxy) is 1. The zero-order chi connectivity index (χ0) is 14.6. The van der Waals surface area contributed by atoms with E-state index >= 15 is 0 Å². The number of nitrogens with one attached hydrogen (secondary N) is 1. The number of carbonyl (C=O) groups is 1. The molecule has 0 fully saturated rings. The maximum Gasteiger partial charge on any atom is 0.307 e. The van der Waals surface area contributed by atoms with Crippen LogP contribution in [0.4, 0.5) is 0 Å². The molecule has 1 unspecified atom stereocenters. The molecule has 0 spiro atoms. The molecule has 0 heterocycles. The lowest BCUT2D eigenvalue weighted by molar-refractivity contribution is -0.142. The summed E-state index contributed by atoms with van der Waals surface area (Å²) in [5, 5.41) is 5.78. The fraction of sp³-hybridized carbons (Fsp3) is 0.353. The number of rotatable bonds is 5. The molecule has 0 aromatic heterocycles. The topological polar surface area (TPSA) is 38.3 Å². The fourth-order valence-electron chi connectivity index (χ4n) is 2.71. The first kappa shape index (κ1) is 14.5. The minimum absolute atomic E-state index is 0.207. The van der Waals surface area contributed by atoms with E-state index in [1.165, 1.54) is 17.9 Å². The molecule has 0 aliphatic carbocycles. The quantitative estimate of drug-likeness (QED) is 0.848. The van der Waals surface area contributed by atoms with Crippen LogP contribution in [0.25, 0.3) is 10.8 Å². The van der Waals surface area contributed by atoms with Crippen LogP contribution in [0.1, 0.15) is 25.8 Å². The Morgan fingerprint density at radius 1 is 1.20 bits per heavy atom. The van der Waals surface area contributed by atoms with Crippen LogP contribution in [0.5, 0.6) is 0 Å². The van der Waals surface area contributed by atoms with E-state index in [0.717, 1.165) is 12.1 Å². The fourth-order valence-corrected chi connectivity index (χ4v) is 2.71. The van der Waals surface area contributed by atoms with E-state index in [9.17, 15) is 4.79 Å². The number of fused-ring (bicyclic) bond motifs is 1. The number of hydrogen-bond donors (Lipinski definition) is 1. The summed E-state index contributed by atoms with van der Waals surface area (Å²) in [4.78, 5) is 11.7. The largest absolute Gasteiger partial charge is 0.469 e. The molecular formula is C17H21NO2. The highest BCUT2D eigenvalue weighted by atomic mass is 16.5. The van der Waals surface area contributed by atoms with Gasteiger partial charge in [-0.2, -0.15) is 0 Å². The summed E-state index contributed by atoms with van der Waals surface area (Å²) in [5.41, 5.74) is 0.700. The second kappa shape index (κ2) is 6.06. The Balaban J connectivity index is 2.53. The van der Waals surface area contributed by atoms with Crippen LogP contribution in [0.2, 0.25) is 0 Å². The lowest BCUT2D eigenvalue weighted by Crippen LogP contribution is -2.41. The van der Waals surface area contributed by atoms with E-state index in [1.807, 2.05) is 25.1 Å². The van der Waals surface area contributed by atoms with E-state index in [2.05, 4.69) is 36.5 Å². The molecule has 0 amide bonds. The van der Waals surface area contributed by atoms with E-state index in [4.69, 9.17) is 4.74 Å². The van der Waals surface area contributed by atoms with E-state index in [1.54, 1.807) is 0 Å². The third kappa shape index (κ3) is 2.83. The van der Waals surface area contributed by atoms with Gasteiger partial charge in [-0.05, 0) is 29.8 Å². The van der Waals surface area contributed by atoms with Gasteiger partial charge in [0.15, 0.2) is 0 Å². The van der Waals surface area contributed by atoms with Crippen LogP contribution in [0.15, 0.2) is 42.5 Å². The number of methoxy groups -OCH3 is 1. The monoisotopic (exact) mass is 271 g/mol. The zero-order valence-electron chi connectivity index (χ0n) is 12.3. The van der Waals surface area contributed by atoms with Gasteiger partial charge in [0.1, 0.15) is 0 Å². The Morgan fingerprint density at radius 2 is 1.90 bits per heavy atom. The summed E-state index contributed by atoms with van der Waals surface area (Å²) in [6, 6.07) is 14.4. The van der Waals surface area contributed by atoms with Crippen LogP contribution in [-0.2, 0) is 15.1 Å². The third-order valence-electron chi connectivity index (χ3n) is 3.68. The van der Waals surface area contributed by atoms with Crippen molar-refractivity contribution < 1.29 is 9.53 Å². The maximum absolute atomic E-state index is 11.7. The third-order valence-corrected chi connectivity index (χ3v) is 3.68. The van der Waals surface area contributed by atoms with Crippen LogP contribution in [0.3, 0.4) is 0 Å². The van der Waals surface area contributed by atoms with Gasteiger partial charge in [-0.15, -0.1) is 0 Å². The van der Waals surface area contributed by atoms with Crippen molar-refractivity contribution >= 4 is 16.7 Å². The number of carbonyl (C=O) groups excluding carboxylic acids is 1. The van der Waals surface area contributed by atoms with Gasteiger partial charge in [0.05, 0.1) is 19.1 Å². The van der Waals surface area contributed by atoms with Crippen molar-refractivity contribution in [2.75, 3.05) is 13.7 Å². The molecule has 0 saturated heterocycles. The molecule has 2 rings (SSSR count). The number of benzene rings is 2. The molecule has 1 N–H and O–H groups in total. The second-order valence-corrected chi connectivity index (χ2v) is 5.14. The van der Waals surface area contributed by atoms with Gasteiger partial charge in [0.2, 0.25) is 0 Å². The molecule has 0 bridgehead atoms. The van der Waals surface area contributed by atoms with Crippen LogP contribution in [0, 0.1) is 0 Å². The van der Waals surface area contributed by atoms with Crippen molar-refractivity contribution in [2.24, 2.45) is 0 Å². The highest BCUT2D eigenvalue weighted by Gasteiger charge is 2.30. The Morgan fingerprint density at radius 3 is 2.60 bits per heavy atom.